The number of aromatic nitrogens is 1. The van der Waals surface area contributed by atoms with E-state index >= 15 is 0 Å². The lowest BCUT2D eigenvalue weighted by molar-refractivity contribution is 0.0769. The largest absolute Gasteiger partial charge is 0.382 e. The molecule has 2 fully saturated rings. The normalized spacial score (nSPS) is 23.4. The second kappa shape index (κ2) is 6.41. The summed E-state index contributed by atoms with van der Waals surface area (Å²) in [7, 11) is 0. The van der Waals surface area contributed by atoms with Crippen LogP contribution in [0.25, 0.3) is 0 Å². The number of thioether (sulfide) groups is 1. The molecule has 0 radical (unpaired) electrons. The van der Waals surface area contributed by atoms with Crippen molar-refractivity contribution in [2.24, 2.45) is 0 Å². The van der Waals surface area contributed by atoms with Crippen LogP contribution in [0.1, 0.15) is 16.6 Å². The molecule has 0 bridgehead atoms. The van der Waals surface area contributed by atoms with Crippen molar-refractivity contribution in [2.45, 2.75) is 12.2 Å². The number of carbonyl (C=O) groups excluding carboxylic acids is 1. The van der Waals surface area contributed by atoms with Crippen molar-refractivity contribution in [1.29, 1.82) is 0 Å². The van der Waals surface area contributed by atoms with E-state index in [-0.39, 0.29) is 5.91 Å². The van der Waals surface area contributed by atoms with Gasteiger partial charge in [0.2, 0.25) is 0 Å². The summed E-state index contributed by atoms with van der Waals surface area (Å²) >= 11 is 3.31. The summed E-state index contributed by atoms with van der Waals surface area (Å²) < 4.78 is 5.34. The highest BCUT2D eigenvalue weighted by Gasteiger charge is 2.27. The third-order valence-corrected chi connectivity index (χ3v) is 5.90. The van der Waals surface area contributed by atoms with Gasteiger partial charge in [0, 0.05) is 37.2 Å². The molecular weight excluding hydrogens is 308 g/mol. The summed E-state index contributed by atoms with van der Waals surface area (Å²) in [6, 6.07) is 0. The number of hydrogen-bond donors (Lipinski definition) is 1. The van der Waals surface area contributed by atoms with Crippen LogP contribution in [0, 0.1) is 0 Å². The molecular formula is C13H20N4O2S2. The van der Waals surface area contributed by atoms with Crippen LogP contribution in [0.15, 0.2) is 0 Å². The molecule has 0 aromatic carbocycles. The lowest BCUT2D eigenvalue weighted by Gasteiger charge is -2.30. The van der Waals surface area contributed by atoms with E-state index in [9.17, 15) is 4.79 Å². The van der Waals surface area contributed by atoms with E-state index < -0.39 is 0 Å². The van der Waals surface area contributed by atoms with Gasteiger partial charge in [0.05, 0.1) is 13.2 Å². The predicted octanol–water partition coefficient (Wildman–Crippen LogP) is 1.14. The lowest BCUT2D eigenvalue weighted by Crippen LogP contribution is -2.40. The topological polar surface area (TPSA) is 71.7 Å². The first-order valence-electron chi connectivity index (χ1n) is 7.15. The second-order valence-electron chi connectivity index (χ2n) is 5.24. The van der Waals surface area contributed by atoms with Crippen LogP contribution < -0.4 is 10.6 Å². The van der Waals surface area contributed by atoms with Crippen molar-refractivity contribution in [1.82, 2.24) is 9.88 Å². The zero-order valence-corrected chi connectivity index (χ0v) is 13.7. The highest BCUT2D eigenvalue weighted by Crippen LogP contribution is 2.30. The molecule has 1 aromatic rings. The molecule has 2 aliphatic rings. The highest BCUT2D eigenvalue weighted by molar-refractivity contribution is 7.99. The van der Waals surface area contributed by atoms with Gasteiger partial charge in [0.1, 0.15) is 10.7 Å². The van der Waals surface area contributed by atoms with Gasteiger partial charge in [0.25, 0.3) is 5.91 Å². The number of ether oxygens (including phenoxy) is 1. The van der Waals surface area contributed by atoms with E-state index in [0.29, 0.717) is 29.2 Å². The van der Waals surface area contributed by atoms with Crippen molar-refractivity contribution < 1.29 is 9.53 Å². The van der Waals surface area contributed by atoms with Crippen LogP contribution >= 0.6 is 23.1 Å². The van der Waals surface area contributed by atoms with E-state index in [2.05, 4.69) is 16.8 Å². The van der Waals surface area contributed by atoms with Crippen molar-refractivity contribution in [3.05, 3.63) is 4.88 Å². The van der Waals surface area contributed by atoms with Gasteiger partial charge in [-0.3, -0.25) is 4.79 Å². The average molecular weight is 328 g/mol. The molecule has 116 valence electrons. The number of hydrogen-bond acceptors (Lipinski definition) is 7. The van der Waals surface area contributed by atoms with Crippen LogP contribution in [-0.4, -0.2) is 66.2 Å². The first-order valence-corrected chi connectivity index (χ1v) is 9.01. The lowest BCUT2D eigenvalue weighted by atomic mass is 10.3. The SMILES string of the molecule is CC1CN(C(=O)c2sc(N3CCOCC3)nc2N)CCS1. The zero-order chi connectivity index (χ0) is 14.8. The Labute approximate surface area is 132 Å². The van der Waals surface area contributed by atoms with Gasteiger partial charge in [0.15, 0.2) is 5.13 Å². The zero-order valence-electron chi connectivity index (χ0n) is 12.1. The number of nitrogens with zero attached hydrogens (tertiary/aromatic N) is 3. The number of morpholine rings is 1. The molecule has 2 N–H and O–H groups in total. The monoisotopic (exact) mass is 328 g/mol. The minimum atomic E-state index is 0.0247. The smallest absolute Gasteiger partial charge is 0.267 e. The molecule has 0 aliphatic carbocycles. The Morgan fingerprint density at radius 2 is 2.14 bits per heavy atom. The van der Waals surface area contributed by atoms with Crippen LogP contribution in [0.4, 0.5) is 10.9 Å². The van der Waals surface area contributed by atoms with Gasteiger partial charge in [-0.25, -0.2) is 4.98 Å². The Kier molecular flexibility index (Phi) is 4.56. The number of anilines is 2. The maximum absolute atomic E-state index is 12.6. The maximum Gasteiger partial charge on any atom is 0.267 e. The number of nitrogens with two attached hydrogens (primary N) is 1. The fourth-order valence-electron chi connectivity index (χ4n) is 2.51. The Balaban J connectivity index is 1.75. The first-order chi connectivity index (χ1) is 10.1. The van der Waals surface area contributed by atoms with Gasteiger partial charge >= 0.3 is 0 Å². The van der Waals surface area contributed by atoms with Gasteiger partial charge in [-0.1, -0.05) is 18.3 Å². The van der Waals surface area contributed by atoms with E-state index in [1.54, 1.807) is 0 Å². The van der Waals surface area contributed by atoms with Crippen LogP contribution in [0.5, 0.6) is 0 Å². The summed E-state index contributed by atoms with van der Waals surface area (Å²) in [5.41, 5.74) is 5.98. The molecule has 1 unspecified atom stereocenters. The average Bonchev–Trinajstić information content (AvgIpc) is 2.89. The fraction of sp³-hybridized carbons (Fsp3) is 0.692. The molecule has 1 aromatic heterocycles. The van der Waals surface area contributed by atoms with E-state index in [1.165, 1.54) is 11.3 Å². The van der Waals surface area contributed by atoms with Crippen LogP contribution in [-0.2, 0) is 4.74 Å². The Bertz CT molecular complexity index is 516. The minimum absolute atomic E-state index is 0.0247. The molecule has 21 heavy (non-hydrogen) atoms. The predicted molar refractivity (Wildman–Crippen MR) is 87.4 cm³/mol. The highest BCUT2D eigenvalue weighted by atomic mass is 32.2. The minimum Gasteiger partial charge on any atom is -0.382 e. The summed E-state index contributed by atoms with van der Waals surface area (Å²) in [6.07, 6.45) is 0. The van der Waals surface area contributed by atoms with Crippen LogP contribution in [0.3, 0.4) is 0 Å². The van der Waals surface area contributed by atoms with Crippen molar-refractivity contribution >= 4 is 40.0 Å². The standard InChI is InChI=1S/C13H20N4O2S2/c1-9-8-17(4-7-20-9)12(18)10-11(14)15-13(21-10)16-2-5-19-6-3-16/h9H,2-8,14H2,1H3. The van der Waals surface area contributed by atoms with E-state index in [4.69, 9.17) is 10.5 Å². The summed E-state index contributed by atoms with van der Waals surface area (Å²) in [5, 5.41) is 1.31. The number of amides is 1. The Morgan fingerprint density at radius 3 is 2.86 bits per heavy atom. The van der Waals surface area contributed by atoms with Crippen LogP contribution in [0.2, 0.25) is 0 Å². The van der Waals surface area contributed by atoms with Crippen molar-refractivity contribution in [3.8, 4) is 0 Å². The first kappa shape index (κ1) is 14.9. The molecule has 3 rings (SSSR count). The van der Waals surface area contributed by atoms with E-state index in [0.717, 1.165) is 37.1 Å². The summed E-state index contributed by atoms with van der Waals surface area (Å²) in [5.74, 6) is 1.37. The second-order valence-corrected chi connectivity index (χ2v) is 7.77. The maximum atomic E-state index is 12.6. The quantitative estimate of drug-likeness (QED) is 0.878. The number of carbonyl (C=O) groups is 1. The Morgan fingerprint density at radius 1 is 1.38 bits per heavy atom. The van der Waals surface area contributed by atoms with Gasteiger partial charge in [-0.15, -0.1) is 0 Å². The van der Waals surface area contributed by atoms with Crippen molar-refractivity contribution in [2.75, 3.05) is 55.8 Å². The Hall–Kier alpha value is -0.990. The molecule has 1 amide bonds. The molecule has 8 heteroatoms. The third-order valence-electron chi connectivity index (χ3n) is 3.65. The molecule has 3 heterocycles. The van der Waals surface area contributed by atoms with E-state index in [1.807, 2.05) is 16.7 Å². The number of nitrogen functional groups attached to an aromatic ring is 1. The van der Waals surface area contributed by atoms with Crippen molar-refractivity contribution in [3.63, 3.8) is 0 Å². The fourth-order valence-corrected chi connectivity index (χ4v) is 4.53. The number of rotatable bonds is 2. The molecule has 2 saturated heterocycles. The van der Waals surface area contributed by atoms with Gasteiger partial charge < -0.3 is 20.3 Å². The van der Waals surface area contributed by atoms with Gasteiger partial charge in [-0.2, -0.15) is 11.8 Å². The molecule has 0 saturated carbocycles. The third kappa shape index (κ3) is 3.27. The molecule has 2 aliphatic heterocycles. The molecule has 6 nitrogen and oxygen atoms in total. The van der Waals surface area contributed by atoms with Gasteiger partial charge in [-0.05, 0) is 0 Å². The molecule has 1 atom stereocenters. The summed E-state index contributed by atoms with van der Waals surface area (Å²) in [4.78, 5) is 21.6. The number of thiazole rings is 1. The molecule has 0 spiro atoms. The summed E-state index contributed by atoms with van der Waals surface area (Å²) in [6.45, 7) is 6.73.